The summed E-state index contributed by atoms with van der Waals surface area (Å²) in [6.45, 7) is 11.7. The number of nitrogens with two attached hydrogens (primary N) is 1. The number of ether oxygens (including phenoxy) is 1. The summed E-state index contributed by atoms with van der Waals surface area (Å²) in [4.78, 5) is 16.8. The van der Waals surface area contributed by atoms with Crippen LogP contribution in [0.2, 0.25) is 0 Å². The maximum Gasteiger partial charge on any atom is 0.410 e. The molecule has 2 N–H and O–H groups in total. The Labute approximate surface area is 153 Å². The molecule has 0 aromatic carbocycles. The van der Waals surface area contributed by atoms with E-state index in [0.717, 1.165) is 43.9 Å². The van der Waals surface area contributed by atoms with E-state index in [1.165, 1.54) is 32.1 Å². The molecule has 0 bridgehead atoms. The fourth-order valence-electron chi connectivity index (χ4n) is 5.29. The van der Waals surface area contributed by atoms with Gasteiger partial charge >= 0.3 is 6.09 Å². The van der Waals surface area contributed by atoms with Gasteiger partial charge in [-0.2, -0.15) is 0 Å². The number of fused-ring (bicyclic) bond motifs is 1. The first kappa shape index (κ1) is 19.0. The zero-order valence-electron chi connectivity index (χ0n) is 16.5. The minimum absolute atomic E-state index is 0.165. The van der Waals surface area contributed by atoms with Crippen molar-refractivity contribution in [3.8, 4) is 0 Å². The van der Waals surface area contributed by atoms with E-state index in [2.05, 4.69) is 11.8 Å². The number of hydrogen-bond donors (Lipinski definition) is 1. The SMILES string of the molecule is CC1CCC(N2CCN(C(=O)OC(C)(C)C)CC2)C2C[C@H](N)CCC12. The van der Waals surface area contributed by atoms with E-state index in [4.69, 9.17) is 10.5 Å². The van der Waals surface area contributed by atoms with Crippen LogP contribution < -0.4 is 5.73 Å². The quantitative estimate of drug-likeness (QED) is 0.789. The van der Waals surface area contributed by atoms with Crippen LogP contribution in [0.15, 0.2) is 0 Å². The molecule has 2 aliphatic carbocycles. The van der Waals surface area contributed by atoms with Gasteiger partial charge in [-0.15, -0.1) is 0 Å². The van der Waals surface area contributed by atoms with Gasteiger partial charge in [-0.25, -0.2) is 4.79 Å². The summed E-state index contributed by atoms with van der Waals surface area (Å²) in [7, 11) is 0. The molecule has 4 unspecified atom stereocenters. The number of nitrogens with zero attached hydrogens (tertiary/aromatic N) is 2. The minimum Gasteiger partial charge on any atom is -0.444 e. The Bertz CT molecular complexity index is 468. The largest absolute Gasteiger partial charge is 0.444 e. The molecular weight excluding hydrogens is 314 g/mol. The summed E-state index contributed by atoms with van der Waals surface area (Å²) in [6.07, 6.45) is 6.16. The topological polar surface area (TPSA) is 58.8 Å². The molecule has 3 fully saturated rings. The zero-order chi connectivity index (χ0) is 18.2. The molecule has 0 radical (unpaired) electrons. The molecule has 3 aliphatic rings. The van der Waals surface area contributed by atoms with Crippen LogP contribution in [0.4, 0.5) is 4.79 Å². The monoisotopic (exact) mass is 351 g/mol. The van der Waals surface area contributed by atoms with Crippen molar-refractivity contribution in [2.24, 2.45) is 23.5 Å². The van der Waals surface area contributed by atoms with Crippen LogP contribution in [-0.2, 0) is 4.74 Å². The minimum atomic E-state index is -0.417. The van der Waals surface area contributed by atoms with E-state index in [1.807, 2.05) is 25.7 Å². The average Bonchev–Trinajstić information content (AvgIpc) is 2.54. The van der Waals surface area contributed by atoms with Gasteiger partial charge in [0.15, 0.2) is 0 Å². The molecule has 5 heteroatoms. The normalized spacial score (nSPS) is 37.5. The maximum atomic E-state index is 12.3. The summed E-state index contributed by atoms with van der Waals surface area (Å²) < 4.78 is 5.52. The van der Waals surface area contributed by atoms with Crippen LogP contribution >= 0.6 is 0 Å². The Kier molecular flexibility index (Phi) is 5.64. The highest BCUT2D eigenvalue weighted by molar-refractivity contribution is 5.68. The summed E-state index contributed by atoms with van der Waals surface area (Å²) in [5, 5.41) is 0. The van der Waals surface area contributed by atoms with E-state index in [9.17, 15) is 4.79 Å². The molecular formula is C20H37N3O2. The average molecular weight is 352 g/mol. The van der Waals surface area contributed by atoms with Gasteiger partial charge < -0.3 is 15.4 Å². The van der Waals surface area contributed by atoms with Crippen molar-refractivity contribution < 1.29 is 9.53 Å². The molecule has 2 saturated carbocycles. The second-order valence-corrected chi connectivity index (χ2v) is 9.53. The standard InChI is InChI=1S/C20H37N3O2/c1-14-5-8-18(17-13-15(21)6-7-16(14)17)22-9-11-23(12-10-22)19(24)25-20(2,3)4/h14-18H,5-13,21H2,1-4H3/t14?,15-,16?,17?,18?/m1/s1. The highest BCUT2D eigenvalue weighted by Crippen LogP contribution is 2.45. The molecule has 5 atom stereocenters. The molecule has 144 valence electrons. The Morgan fingerprint density at radius 1 is 1.00 bits per heavy atom. The molecule has 1 saturated heterocycles. The van der Waals surface area contributed by atoms with E-state index in [1.54, 1.807) is 0 Å². The van der Waals surface area contributed by atoms with Crippen LogP contribution in [0.25, 0.3) is 0 Å². The van der Waals surface area contributed by atoms with Crippen molar-refractivity contribution in [2.75, 3.05) is 26.2 Å². The number of hydrogen-bond acceptors (Lipinski definition) is 4. The van der Waals surface area contributed by atoms with Gasteiger partial charge in [0.25, 0.3) is 0 Å². The van der Waals surface area contributed by atoms with Gasteiger partial charge in [-0.05, 0) is 70.6 Å². The zero-order valence-corrected chi connectivity index (χ0v) is 16.5. The maximum absolute atomic E-state index is 12.3. The van der Waals surface area contributed by atoms with E-state index < -0.39 is 5.60 Å². The highest BCUT2D eigenvalue weighted by atomic mass is 16.6. The molecule has 0 aromatic heterocycles. The van der Waals surface area contributed by atoms with E-state index in [0.29, 0.717) is 12.1 Å². The van der Waals surface area contributed by atoms with Crippen LogP contribution in [0.3, 0.4) is 0 Å². The number of carbonyl (C=O) groups is 1. The van der Waals surface area contributed by atoms with Crippen molar-refractivity contribution >= 4 is 6.09 Å². The predicted octanol–water partition coefficient (Wildman–Crippen LogP) is 3.08. The number of amides is 1. The first-order valence-electron chi connectivity index (χ1n) is 10.2. The second kappa shape index (κ2) is 7.43. The van der Waals surface area contributed by atoms with Crippen LogP contribution in [0, 0.1) is 17.8 Å². The molecule has 3 rings (SSSR count). The molecule has 25 heavy (non-hydrogen) atoms. The van der Waals surface area contributed by atoms with Gasteiger partial charge in [-0.1, -0.05) is 6.92 Å². The molecule has 0 aromatic rings. The van der Waals surface area contributed by atoms with Crippen molar-refractivity contribution in [1.29, 1.82) is 0 Å². The Balaban J connectivity index is 1.57. The van der Waals surface area contributed by atoms with Gasteiger partial charge in [-0.3, -0.25) is 4.90 Å². The third kappa shape index (κ3) is 4.48. The molecule has 1 heterocycles. The Morgan fingerprint density at radius 2 is 1.68 bits per heavy atom. The van der Waals surface area contributed by atoms with Crippen molar-refractivity contribution in [2.45, 2.75) is 77.5 Å². The van der Waals surface area contributed by atoms with Gasteiger partial charge in [0.05, 0.1) is 0 Å². The Morgan fingerprint density at radius 3 is 2.32 bits per heavy atom. The summed E-state index contributed by atoms with van der Waals surface area (Å²) >= 11 is 0. The summed E-state index contributed by atoms with van der Waals surface area (Å²) in [5.74, 6) is 2.44. The smallest absolute Gasteiger partial charge is 0.410 e. The summed E-state index contributed by atoms with van der Waals surface area (Å²) in [5.41, 5.74) is 5.89. The van der Waals surface area contributed by atoms with E-state index in [-0.39, 0.29) is 6.09 Å². The number of piperazine rings is 1. The first-order valence-corrected chi connectivity index (χ1v) is 10.2. The third-order valence-electron chi connectivity index (χ3n) is 6.57. The Hall–Kier alpha value is -0.810. The number of rotatable bonds is 1. The molecule has 0 spiro atoms. The predicted molar refractivity (Wildman–Crippen MR) is 100 cm³/mol. The lowest BCUT2D eigenvalue weighted by Gasteiger charge is -2.51. The summed E-state index contributed by atoms with van der Waals surface area (Å²) in [6, 6.07) is 1.05. The molecule has 1 amide bonds. The van der Waals surface area contributed by atoms with E-state index >= 15 is 0 Å². The van der Waals surface area contributed by atoms with Crippen molar-refractivity contribution in [1.82, 2.24) is 9.80 Å². The second-order valence-electron chi connectivity index (χ2n) is 9.53. The first-order chi connectivity index (χ1) is 11.7. The van der Waals surface area contributed by atoms with Crippen LogP contribution in [-0.4, -0.2) is 59.8 Å². The lowest BCUT2D eigenvalue weighted by atomic mass is 9.62. The van der Waals surface area contributed by atoms with Gasteiger partial charge in [0, 0.05) is 38.3 Å². The van der Waals surface area contributed by atoms with Crippen molar-refractivity contribution in [3.63, 3.8) is 0 Å². The highest BCUT2D eigenvalue weighted by Gasteiger charge is 2.43. The lowest BCUT2D eigenvalue weighted by Crippen LogP contribution is -2.57. The molecule has 1 aliphatic heterocycles. The molecule has 5 nitrogen and oxygen atoms in total. The van der Waals surface area contributed by atoms with Gasteiger partial charge in [0.1, 0.15) is 5.60 Å². The third-order valence-corrected chi connectivity index (χ3v) is 6.57. The fourth-order valence-corrected chi connectivity index (χ4v) is 5.29. The fraction of sp³-hybridized carbons (Fsp3) is 0.950. The van der Waals surface area contributed by atoms with Gasteiger partial charge in [0.2, 0.25) is 0 Å². The van der Waals surface area contributed by atoms with Crippen LogP contribution in [0.1, 0.15) is 59.8 Å². The van der Waals surface area contributed by atoms with Crippen molar-refractivity contribution in [3.05, 3.63) is 0 Å². The number of carbonyl (C=O) groups excluding carboxylic acids is 1. The lowest BCUT2D eigenvalue weighted by molar-refractivity contribution is -0.0223. The van der Waals surface area contributed by atoms with Crippen LogP contribution in [0.5, 0.6) is 0 Å².